The van der Waals surface area contributed by atoms with Crippen LogP contribution >= 0.6 is 24.0 Å². The lowest BCUT2D eigenvalue weighted by Gasteiger charge is -2.18. The van der Waals surface area contributed by atoms with E-state index in [-0.39, 0.29) is 41.7 Å². The summed E-state index contributed by atoms with van der Waals surface area (Å²) in [7, 11) is -2.93. The first-order chi connectivity index (χ1) is 10.4. The topological polar surface area (TPSA) is 90.9 Å². The Balaban J connectivity index is 0.00000484. The van der Waals surface area contributed by atoms with E-state index in [1.807, 2.05) is 18.7 Å². The van der Waals surface area contributed by atoms with Crippen LogP contribution in [0, 0.1) is 0 Å². The van der Waals surface area contributed by atoms with E-state index in [1.54, 1.807) is 0 Å². The maximum Gasteiger partial charge on any atom is 0.222 e. The highest BCUT2D eigenvalue weighted by molar-refractivity contribution is 14.0. The van der Waals surface area contributed by atoms with Gasteiger partial charge in [-0.2, -0.15) is 0 Å². The van der Waals surface area contributed by atoms with E-state index in [2.05, 4.69) is 15.6 Å². The highest BCUT2D eigenvalue weighted by Crippen LogP contribution is 2.10. The Morgan fingerprint density at radius 3 is 2.61 bits per heavy atom. The molecule has 7 nitrogen and oxygen atoms in total. The summed E-state index contributed by atoms with van der Waals surface area (Å²) in [5.41, 5.74) is 0. The van der Waals surface area contributed by atoms with Crippen LogP contribution in [0.25, 0.3) is 0 Å². The molecule has 1 amide bonds. The van der Waals surface area contributed by atoms with Gasteiger partial charge in [0.05, 0.1) is 5.75 Å². The fraction of sp³-hybridized carbons (Fsp3) is 0.857. The SMILES string of the molecule is CCNC(=NCCCS(C)(=O)=O)NC1CCN(C(=O)CC)C1.I. The van der Waals surface area contributed by atoms with E-state index in [0.29, 0.717) is 31.9 Å². The predicted octanol–water partition coefficient (Wildman–Crippen LogP) is 0.605. The van der Waals surface area contributed by atoms with E-state index in [4.69, 9.17) is 0 Å². The van der Waals surface area contributed by atoms with Crippen molar-refractivity contribution >= 4 is 45.7 Å². The van der Waals surface area contributed by atoms with Crippen LogP contribution in [-0.4, -0.2) is 69.4 Å². The van der Waals surface area contributed by atoms with Crippen LogP contribution in [0.2, 0.25) is 0 Å². The van der Waals surface area contributed by atoms with Gasteiger partial charge in [-0.1, -0.05) is 6.92 Å². The summed E-state index contributed by atoms with van der Waals surface area (Å²) in [6.07, 6.45) is 3.18. The fourth-order valence-electron chi connectivity index (χ4n) is 2.36. The number of likely N-dealkylation sites (tertiary alicyclic amines) is 1. The summed E-state index contributed by atoms with van der Waals surface area (Å²) in [5.74, 6) is 1.02. The Kier molecular flexibility index (Phi) is 10.8. The molecule has 1 heterocycles. The second-order valence-electron chi connectivity index (χ2n) is 5.57. The molecule has 0 aromatic rings. The molecule has 1 atom stereocenters. The van der Waals surface area contributed by atoms with Crippen LogP contribution in [0.5, 0.6) is 0 Å². The summed E-state index contributed by atoms with van der Waals surface area (Å²) < 4.78 is 22.2. The Hall–Kier alpha value is -0.580. The molecule has 0 saturated carbocycles. The molecule has 0 bridgehead atoms. The second-order valence-corrected chi connectivity index (χ2v) is 7.83. The molecule has 0 aliphatic carbocycles. The highest BCUT2D eigenvalue weighted by Gasteiger charge is 2.25. The number of aliphatic imine (C=N–C) groups is 1. The number of rotatable bonds is 7. The third kappa shape index (κ3) is 9.33. The number of nitrogens with zero attached hydrogens (tertiary/aromatic N) is 2. The molecule has 1 rings (SSSR count). The van der Waals surface area contributed by atoms with Gasteiger partial charge in [0.15, 0.2) is 5.96 Å². The molecule has 1 aliphatic heterocycles. The summed E-state index contributed by atoms with van der Waals surface area (Å²) in [4.78, 5) is 17.9. The van der Waals surface area contributed by atoms with Gasteiger partial charge in [0.2, 0.25) is 5.91 Å². The van der Waals surface area contributed by atoms with E-state index in [9.17, 15) is 13.2 Å². The average molecular weight is 460 g/mol. The van der Waals surface area contributed by atoms with Crippen LogP contribution < -0.4 is 10.6 Å². The van der Waals surface area contributed by atoms with Crippen molar-refractivity contribution in [3.8, 4) is 0 Å². The number of hydrogen-bond donors (Lipinski definition) is 2. The molecule has 0 aromatic carbocycles. The van der Waals surface area contributed by atoms with Crippen molar-refractivity contribution in [2.75, 3.05) is 38.2 Å². The summed E-state index contributed by atoms with van der Waals surface area (Å²) in [5, 5.41) is 6.47. The van der Waals surface area contributed by atoms with Crippen LogP contribution in [0.3, 0.4) is 0 Å². The van der Waals surface area contributed by atoms with Gasteiger partial charge in [-0.3, -0.25) is 9.79 Å². The van der Waals surface area contributed by atoms with Gasteiger partial charge >= 0.3 is 0 Å². The van der Waals surface area contributed by atoms with Crippen molar-refractivity contribution in [2.45, 2.75) is 39.2 Å². The third-order valence-corrected chi connectivity index (χ3v) is 4.50. The molecular formula is C14H29IN4O3S. The molecule has 9 heteroatoms. The molecular weight excluding hydrogens is 431 g/mol. The van der Waals surface area contributed by atoms with Gasteiger partial charge < -0.3 is 15.5 Å². The van der Waals surface area contributed by atoms with E-state index < -0.39 is 9.84 Å². The van der Waals surface area contributed by atoms with Gasteiger partial charge in [-0.25, -0.2) is 8.42 Å². The van der Waals surface area contributed by atoms with Gasteiger partial charge in [0, 0.05) is 44.9 Å². The molecule has 0 aromatic heterocycles. The van der Waals surface area contributed by atoms with Crippen molar-refractivity contribution in [1.82, 2.24) is 15.5 Å². The first kappa shape index (κ1) is 22.4. The number of carbonyl (C=O) groups excluding carboxylic acids is 1. The maximum absolute atomic E-state index is 11.7. The van der Waals surface area contributed by atoms with Crippen LogP contribution in [0.15, 0.2) is 4.99 Å². The van der Waals surface area contributed by atoms with Crippen molar-refractivity contribution in [3.05, 3.63) is 0 Å². The molecule has 136 valence electrons. The molecule has 1 saturated heterocycles. The quantitative estimate of drug-likeness (QED) is 0.252. The average Bonchev–Trinajstić information content (AvgIpc) is 2.90. The summed E-state index contributed by atoms with van der Waals surface area (Å²) in [6, 6.07) is 0.197. The van der Waals surface area contributed by atoms with Gasteiger partial charge in [-0.15, -0.1) is 24.0 Å². The number of sulfone groups is 1. The first-order valence-electron chi connectivity index (χ1n) is 7.86. The minimum Gasteiger partial charge on any atom is -0.357 e. The molecule has 2 N–H and O–H groups in total. The number of hydrogen-bond acceptors (Lipinski definition) is 4. The Labute approximate surface area is 156 Å². The first-order valence-corrected chi connectivity index (χ1v) is 9.92. The third-order valence-electron chi connectivity index (χ3n) is 3.47. The van der Waals surface area contributed by atoms with Gasteiger partial charge in [0.25, 0.3) is 0 Å². The smallest absolute Gasteiger partial charge is 0.222 e. The molecule has 1 aliphatic rings. The van der Waals surface area contributed by atoms with Crippen molar-refractivity contribution in [2.24, 2.45) is 4.99 Å². The zero-order chi connectivity index (χ0) is 16.6. The molecule has 23 heavy (non-hydrogen) atoms. The van der Waals surface area contributed by atoms with Gasteiger partial charge in [0.1, 0.15) is 9.84 Å². The normalized spacial score (nSPS) is 18.5. The lowest BCUT2D eigenvalue weighted by molar-refractivity contribution is -0.129. The van der Waals surface area contributed by atoms with E-state index in [1.165, 1.54) is 6.26 Å². The lowest BCUT2D eigenvalue weighted by Crippen LogP contribution is -2.45. The number of halogens is 1. The number of guanidine groups is 1. The standard InChI is InChI=1S/C14H28N4O3S.HI/c1-4-13(19)18-9-7-12(11-18)17-14(15-5-2)16-8-6-10-22(3,20)21;/h12H,4-11H2,1-3H3,(H2,15,16,17);1H. The van der Waals surface area contributed by atoms with Crippen molar-refractivity contribution < 1.29 is 13.2 Å². The molecule has 0 spiro atoms. The molecule has 1 unspecified atom stereocenters. The van der Waals surface area contributed by atoms with Crippen LogP contribution in [0.1, 0.15) is 33.1 Å². The zero-order valence-electron chi connectivity index (χ0n) is 14.2. The molecule has 0 radical (unpaired) electrons. The number of carbonyl (C=O) groups is 1. The summed E-state index contributed by atoms with van der Waals surface area (Å²) in [6.45, 7) is 6.53. The van der Waals surface area contributed by atoms with E-state index >= 15 is 0 Å². The number of amides is 1. The minimum atomic E-state index is -2.93. The monoisotopic (exact) mass is 460 g/mol. The zero-order valence-corrected chi connectivity index (χ0v) is 17.3. The Morgan fingerprint density at radius 2 is 2.04 bits per heavy atom. The largest absolute Gasteiger partial charge is 0.357 e. The maximum atomic E-state index is 11.7. The highest BCUT2D eigenvalue weighted by atomic mass is 127. The minimum absolute atomic E-state index is 0. The fourth-order valence-corrected chi connectivity index (χ4v) is 3.01. The Morgan fingerprint density at radius 1 is 1.35 bits per heavy atom. The van der Waals surface area contributed by atoms with E-state index in [0.717, 1.165) is 19.5 Å². The number of nitrogens with one attached hydrogen (secondary N) is 2. The summed E-state index contributed by atoms with van der Waals surface area (Å²) >= 11 is 0. The van der Waals surface area contributed by atoms with Crippen molar-refractivity contribution in [1.29, 1.82) is 0 Å². The molecule has 1 fully saturated rings. The van der Waals surface area contributed by atoms with Crippen LogP contribution in [-0.2, 0) is 14.6 Å². The Bertz CT molecular complexity index is 496. The van der Waals surface area contributed by atoms with Crippen molar-refractivity contribution in [3.63, 3.8) is 0 Å². The van der Waals surface area contributed by atoms with Crippen LogP contribution in [0.4, 0.5) is 0 Å². The predicted molar refractivity (Wildman–Crippen MR) is 104 cm³/mol. The van der Waals surface area contributed by atoms with Gasteiger partial charge in [-0.05, 0) is 19.8 Å². The lowest BCUT2D eigenvalue weighted by atomic mass is 10.3. The second kappa shape index (κ2) is 11.1.